The van der Waals surface area contributed by atoms with Crippen molar-refractivity contribution in [2.75, 3.05) is 13.1 Å². The van der Waals surface area contributed by atoms with Crippen molar-refractivity contribution >= 4 is 5.91 Å². The Morgan fingerprint density at radius 3 is 3.09 bits per heavy atom. The van der Waals surface area contributed by atoms with Crippen LogP contribution in [0, 0.1) is 6.92 Å². The predicted molar refractivity (Wildman–Crippen MR) is 89.1 cm³/mol. The van der Waals surface area contributed by atoms with Crippen LogP contribution in [0.15, 0.2) is 30.5 Å². The van der Waals surface area contributed by atoms with Crippen LogP contribution in [-0.2, 0) is 11.2 Å². The molecule has 1 amide bonds. The summed E-state index contributed by atoms with van der Waals surface area (Å²) in [5.74, 6) is 0.631. The quantitative estimate of drug-likeness (QED) is 0.923. The summed E-state index contributed by atoms with van der Waals surface area (Å²) in [6, 6.07) is 8.02. The van der Waals surface area contributed by atoms with E-state index in [4.69, 9.17) is 0 Å². The molecular formula is C18H24N4O. The molecule has 3 rings (SSSR count). The monoisotopic (exact) mass is 312 g/mol. The number of H-pyrrole nitrogens is 1. The Kier molecular flexibility index (Phi) is 5.05. The molecule has 0 radical (unpaired) electrons. The Labute approximate surface area is 137 Å². The second kappa shape index (κ2) is 7.40. The highest BCUT2D eigenvalue weighted by Gasteiger charge is 2.25. The van der Waals surface area contributed by atoms with E-state index in [0.717, 1.165) is 55.9 Å². The first-order valence-electron chi connectivity index (χ1n) is 8.42. The lowest BCUT2D eigenvalue weighted by atomic mass is 9.94. The highest BCUT2D eigenvalue weighted by atomic mass is 16.2. The normalized spacial score (nSPS) is 18.1. The molecule has 0 saturated carbocycles. The van der Waals surface area contributed by atoms with Crippen LogP contribution < -0.4 is 0 Å². The molecule has 5 heteroatoms. The Morgan fingerprint density at radius 1 is 1.43 bits per heavy atom. The summed E-state index contributed by atoms with van der Waals surface area (Å²) < 4.78 is 0. The van der Waals surface area contributed by atoms with Gasteiger partial charge in [0.2, 0.25) is 5.91 Å². The van der Waals surface area contributed by atoms with Gasteiger partial charge in [-0.15, -0.1) is 0 Å². The molecule has 1 N–H and O–H groups in total. The molecule has 0 spiro atoms. The number of nitrogens with one attached hydrogen (secondary N) is 1. The number of likely N-dealkylation sites (tertiary alicyclic amines) is 1. The van der Waals surface area contributed by atoms with Crippen LogP contribution in [0.3, 0.4) is 0 Å². The van der Waals surface area contributed by atoms with Crippen LogP contribution in [0.4, 0.5) is 0 Å². The van der Waals surface area contributed by atoms with Gasteiger partial charge in [0.15, 0.2) is 0 Å². The summed E-state index contributed by atoms with van der Waals surface area (Å²) in [6.07, 6.45) is 6.30. The molecule has 3 heterocycles. The molecule has 2 aromatic heterocycles. The maximum atomic E-state index is 12.4. The molecule has 2 aromatic rings. The molecule has 1 atom stereocenters. The average Bonchev–Trinajstić information content (AvgIpc) is 3.02. The summed E-state index contributed by atoms with van der Waals surface area (Å²) in [6.45, 7) is 3.69. The van der Waals surface area contributed by atoms with E-state index in [1.807, 2.05) is 30.0 Å². The minimum atomic E-state index is 0.262. The van der Waals surface area contributed by atoms with Crippen molar-refractivity contribution in [2.24, 2.45) is 0 Å². The lowest BCUT2D eigenvalue weighted by Crippen LogP contribution is -2.39. The number of piperidine rings is 1. The molecule has 122 valence electrons. The van der Waals surface area contributed by atoms with Gasteiger partial charge in [-0.3, -0.25) is 14.9 Å². The average molecular weight is 312 g/mol. The molecule has 23 heavy (non-hydrogen) atoms. The van der Waals surface area contributed by atoms with Crippen molar-refractivity contribution in [3.8, 4) is 0 Å². The highest BCUT2D eigenvalue weighted by Crippen LogP contribution is 2.26. The van der Waals surface area contributed by atoms with E-state index in [9.17, 15) is 4.79 Å². The fraction of sp³-hybridized carbons (Fsp3) is 0.500. The van der Waals surface area contributed by atoms with Gasteiger partial charge in [-0.1, -0.05) is 6.07 Å². The smallest absolute Gasteiger partial charge is 0.222 e. The zero-order valence-corrected chi connectivity index (χ0v) is 13.7. The Bertz CT molecular complexity index is 637. The number of amides is 1. The number of pyridine rings is 1. The van der Waals surface area contributed by atoms with E-state index in [0.29, 0.717) is 12.3 Å². The number of carbonyl (C=O) groups is 1. The van der Waals surface area contributed by atoms with Gasteiger partial charge >= 0.3 is 0 Å². The zero-order valence-electron chi connectivity index (χ0n) is 13.7. The molecule has 0 aliphatic carbocycles. The number of rotatable bonds is 5. The molecule has 1 aliphatic heterocycles. The molecule has 0 bridgehead atoms. The van der Waals surface area contributed by atoms with Crippen molar-refractivity contribution in [1.82, 2.24) is 20.1 Å². The van der Waals surface area contributed by atoms with Crippen LogP contribution in [0.5, 0.6) is 0 Å². The van der Waals surface area contributed by atoms with Gasteiger partial charge < -0.3 is 4.90 Å². The van der Waals surface area contributed by atoms with Crippen LogP contribution in [0.1, 0.15) is 48.7 Å². The molecule has 1 fully saturated rings. The minimum absolute atomic E-state index is 0.262. The van der Waals surface area contributed by atoms with E-state index < -0.39 is 0 Å². The summed E-state index contributed by atoms with van der Waals surface area (Å²) in [7, 11) is 0. The first-order chi connectivity index (χ1) is 11.2. The summed E-state index contributed by atoms with van der Waals surface area (Å²) in [5.41, 5.74) is 3.23. The molecule has 1 aliphatic rings. The molecule has 5 nitrogen and oxygen atoms in total. The van der Waals surface area contributed by atoms with Crippen molar-refractivity contribution in [1.29, 1.82) is 0 Å². The van der Waals surface area contributed by atoms with Crippen LogP contribution in [0.2, 0.25) is 0 Å². The van der Waals surface area contributed by atoms with Gasteiger partial charge in [0.1, 0.15) is 0 Å². The van der Waals surface area contributed by atoms with E-state index in [2.05, 4.69) is 21.2 Å². The third-order valence-electron chi connectivity index (χ3n) is 4.47. The zero-order chi connectivity index (χ0) is 16.1. The fourth-order valence-corrected chi connectivity index (χ4v) is 3.22. The van der Waals surface area contributed by atoms with Crippen LogP contribution in [0.25, 0.3) is 0 Å². The highest BCUT2D eigenvalue weighted by molar-refractivity contribution is 5.76. The number of nitrogens with zero attached hydrogens (tertiary/aromatic N) is 3. The lowest BCUT2D eigenvalue weighted by molar-refractivity contribution is -0.132. The largest absolute Gasteiger partial charge is 0.342 e. The SMILES string of the molecule is Cc1cc(C2CCCN(C(=O)CCCc3ccccn3)C2)n[nH]1. The van der Waals surface area contributed by atoms with Gasteiger partial charge in [-0.2, -0.15) is 5.10 Å². The molecule has 1 saturated heterocycles. The Hall–Kier alpha value is -2.17. The summed E-state index contributed by atoms with van der Waals surface area (Å²) >= 11 is 0. The van der Waals surface area contributed by atoms with E-state index in [-0.39, 0.29) is 5.91 Å². The maximum absolute atomic E-state index is 12.4. The van der Waals surface area contributed by atoms with Crippen molar-refractivity contribution < 1.29 is 4.79 Å². The second-order valence-corrected chi connectivity index (χ2v) is 6.33. The second-order valence-electron chi connectivity index (χ2n) is 6.33. The third kappa shape index (κ3) is 4.18. The van der Waals surface area contributed by atoms with Gasteiger partial charge in [-0.05, 0) is 50.8 Å². The molecule has 1 unspecified atom stereocenters. The summed E-state index contributed by atoms with van der Waals surface area (Å²) in [4.78, 5) is 18.8. The van der Waals surface area contributed by atoms with Gasteiger partial charge in [0.05, 0.1) is 5.69 Å². The van der Waals surface area contributed by atoms with Gasteiger partial charge in [0.25, 0.3) is 0 Å². The Morgan fingerprint density at radius 2 is 2.35 bits per heavy atom. The Balaban J connectivity index is 1.49. The predicted octanol–water partition coefficient (Wildman–Crippen LogP) is 2.84. The van der Waals surface area contributed by atoms with Crippen molar-refractivity contribution in [3.63, 3.8) is 0 Å². The number of hydrogen-bond acceptors (Lipinski definition) is 3. The van der Waals surface area contributed by atoms with Gasteiger partial charge in [-0.25, -0.2) is 0 Å². The lowest BCUT2D eigenvalue weighted by Gasteiger charge is -2.32. The van der Waals surface area contributed by atoms with Crippen molar-refractivity contribution in [2.45, 2.75) is 44.9 Å². The van der Waals surface area contributed by atoms with E-state index in [1.54, 1.807) is 6.20 Å². The molecule has 0 aromatic carbocycles. The maximum Gasteiger partial charge on any atom is 0.222 e. The molecular weight excluding hydrogens is 288 g/mol. The first kappa shape index (κ1) is 15.7. The number of carbonyl (C=O) groups excluding carboxylic acids is 1. The van der Waals surface area contributed by atoms with Crippen LogP contribution >= 0.6 is 0 Å². The van der Waals surface area contributed by atoms with E-state index >= 15 is 0 Å². The number of hydrogen-bond donors (Lipinski definition) is 1. The topological polar surface area (TPSA) is 61.9 Å². The third-order valence-corrected chi connectivity index (χ3v) is 4.47. The summed E-state index contributed by atoms with van der Waals surface area (Å²) in [5, 5.41) is 7.37. The minimum Gasteiger partial charge on any atom is -0.342 e. The van der Waals surface area contributed by atoms with Crippen LogP contribution in [-0.4, -0.2) is 39.1 Å². The fourth-order valence-electron chi connectivity index (χ4n) is 3.22. The van der Waals surface area contributed by atoms with E-state index in [1.165, 1.54) is 0 Å². The number of aromatic nitrogens is 3. The first-order valence-corrected chi connectivity index (χ1v) is 8.42. The van der Waals surface area contributed by atoms with Gasteiger partial charge in [0, 0.05) is 43.0 Å². The number of aromatic amines is 1. The van der Waals surface area contributed by atoms with Crippen molar-refractivity contribution in [3.05, 3.63) is 47.5 Å². The number of aryl methyl sites for hydroxylation is 2. The standard InChI is InChI=1S/C18H24N4O/c1-14-12-17(21-20-14)15-6-5-11-22(13-15)18(23)9-4-8-16-7-2-3-10-19-16/h2-3,7,10,12,15H,4-6,8-9,11,13H2,1H3,(H,20,21).